The third-order valence-electron chi connectivity index (χ3n) is 3.54. The Bertz CT molecular complexity index is 738. The second-order valence-corrected chi connectivity index (χ2v) is 8.43. The Hall–Kier alpha value is -1.68. The standard InChI is InChI=1S/C16H23ClN2O6S/c1-10(2)8-14(16(22)23)19-13(15(20)21)6-7-18-26(24,25)12-5-3-4-11(17)9-12/h3-5,9-10,13-14,18-19H,6-8H2,1-2H3,(H,20,21)(H,22,23). The molecule has 2 unspecified atom stereocenters. The van der Waals surface area contributed by atoms with E-state index in [1.807, 2.05) is 13.8 Å². The molecule has 8 nitrogen and oxygen atoms in total. The largest absolute Gasteiger partial charge is 0.480 e. The summed E-state index contributed by atoms with van der Waals surface area (Å²) >= 11 is 5.77. The van der Waals surface area contributed by atoms with Crippen molar-refractivity contribution in [3.05, 3.63) is 29.3 Å². The van der Waals surface area contributed by atoms with Crippen molar-refractivity contribution in [1.82, 2.24) is 10.0 Å². The van der Waals surface area contributed by atoms with Crippen molar-refractivity contribution in [3.8, 4) is 0 Å². The molecule has 0 aliphatic heterocycles. The Balaban J connectivity index is 2.71. The number of hydrogen-bond donors (Lipinski definition) is 4. The predicted octanol–water partition coefficient (Wildman–Crippen LogP) is 1.55. The molecule has 0 saturated heterocycles. The number of carboxylic acids is 2. The molecule has 26 heavy (non-hydrogen) atoms. The van der Waals surface area contributed by atoms with Gasteiger partial charge in [0.25, 0.3) is 0 Å². The molecule has 0 heterocycles. The van der Waals surface area contributed by atoms with Crippen molar-refractivity contribution in [1.29, 1.82) is 0 Å². The van der Waals surface area contributed by atoms with Crippen molar-refractivity contribution in [3.63, 3.8) is 0 Å². The van der Waals surface area contributed by atoms with E-state index in [-0.39, 0.29) is 35.2 Å². The summed E-state index contributed by atoms with van der Waals surface area (Å²) in [6.07, 6.45) is 0.143. The van der Waals surface area contributed by atoms with E-state index in [0.29, 0.717) is 0 Å². The molecule has 0 aliphatic rings. The molecule has 1 rings (SSSR count). The van der Waals surface area contributed by atoms with Gasteiger partial charge < -0.3 is 10.2 Å². The topological polar surface area (TPSA) is 133 Å². The van der Waals surface area contributed by atoms with Crippen molar-refractivity contribution in [2.24, 2.45) is 5.92 Å². The Labute approximate surface area is 157 Å². The van der Waals surface area contributed by atoms with E-state index in [2.05, 4.69) is 10.0 Å². The summed E-state index contributed by atoms with van der Waals surface area (Å²) in [6, 6.07) is 3.44. The van der Waals surface area contributed by atoms with Crippen LogP contribution in [0.5, 0.6) is 0 Å². The van der Waals surface area contributed by atoms with E-state index in [1.165, 1.54) is 24.3 Å². The van der Waals surface area contributed by atoms with Crippen LogP contribution in [-0.4, -0.2) is 49.2 Å². The number of hydrogen-bond acceptors (Lipinski definition) is 5. The van der Waals surface area contributed by atoms with Crippen molar-refractivity contribution in [2.75, 3.05) is 6.54 Å². The van der Waals surface area contributed by atoms with Gasteiger partial charge in [-0.3, -0.25) is 14.9 Å². The van der Waals surface area contributed by atoms with Gasteiger partial charge in [-0.25, -0.2) is 13.1 Å². The summed E-state index contributed by atoms with van der Waals surface area (Å²) < 4.78 is 26.7. The minimum absolute atomic E-state index is 0.0342. The average molecular weight is 407 g/mol. The molecular weight excluding hydrogens is 384 g/mol. The highest BCUT2D eigenvalue weighted by atomic mass is 35.5. The summed E-state index contributed by atoms with van der Waals surface area (Å²) in [5.74, 6) is -2.34. The van der Waals surface area contributed by atoms with Gasteiger partial charge in [-0.1, -0.05) is 31.5 Å². The molecule has 1 aromatic carbocycles. The predicted molar refractivity (Wildman–Crippen MR) is 96.7 cm³/mol. The lowest BCUT2D eigenvalue weighted by molar-refractivity contribution is -0.143. The summed E-state index contributed by atoms with van der Waals surface area (Å²) in [5.41, 5.74) is 0. The van der Waals surface area contributed by atoms with Crippen molar-refractivity contribution >= 4 is 33.6 Å². The molecule has 0 radical (unpaired) electrons. The number of sulfonamides is 1. The van der Waals surface area contributed by atoms with E-state index in [4.69, 9.17) is 11.6 Å². The number of halogens is 1. The van der Waals surface area contributed by atoms with Crippen LogP contribution in [0.2, 0.25) is 5.02 Å². The average Bonchev–Trinajstić information content (AvgIpc) is 2.52. The van der Waals surface area contributed by atoms with Crippen LogP contribution in [0, 0.1) is 5.92 Å². The Morgan fingerprint density at radius 2 is 1.77 bits per heavy atom. The number of benzene rings is 1. The number of aliphatic carboxylic acids is 2. The van der Waals surface area contributed by atoms with Crippen LogP contribution in [-0.2, 0) is 19.6 Å². The first-order valence-corrected chi connectivity index (χ1v) is 9.86. The molecular formula is C16H23ClN2O6S. The molecule has 0 aliphatic carbocycles. The Kier molecular flexibility index (Phi) is 8.48. The second kappa shape index (κ2) is 9.86. The first kappa shape index (κ1) is 22.4. The van der Waals surface area contributed by atoms with E-state index in [9.17, 15) is 28.2 Å². The van der Waals surface area contributed by atoms with Gasteiger partial charge >= 0.3 is 11.9 Å². The van der Waals surface area contributed by atoms with Crippen LogP contribution in [0.25, 0.3) is 0 Å². The molecule has 0 aromatic heterocycles. The quantitative estimate of drug-likeness (QED) is 0.438. The second-order valence-electron chi connectivity index (χ2n) is 6.22. The number of nitrogens with one attached hydrogen (secondary N) is 2. The highest BCUT2D eigenvalue weighted by Crippen LogP contribution is 2.15. The van der Waals surface area contributed by atoms with Crippen molar-refractivity contribution in [2.45, 2.75) is 43.7 Å². The molecule has 146 valence electrons. The van der Waals surface area contributed by atoms with Gasteiger partial charge in [-0.2, -0.15) is 0 Å². The van der Waals surface area contributed by atoms with Crippen LogP contribution in [0.3, 0.4) is 0 Å². The molecule has 0 bridgehead atoms. The highest BCUT2D eigenvalue weighted by molar-refractivity contribution is 7.89. The summed E-state index contributed by atoms with van der Waals surface area (Å²) in [6.45, 7) is 3.48. The number of carboxylic acid groups (broad SMARTS) is 2. The van der Waals surface area contributed by atoms with Gasteiger partial charge in [0.1, 0.15) is 12.1 Å². The fourth-order valence-electron chi connectivity index (χ4n) is 2.29. The van der Waals surface area contributed by atoms with Crippen LogP contribution < -0.4 is 10.0 Å². The molecule has 0 amide bonds. The molecule has 4 N–H and O–H groups in total. The maximum Gasteiger partial charge on any atom is 0.320 e. The lowest BCUT2D eigenvalue weighted by Crippen LogP contribution is -2.48. The monoisotopic (exact) mass is 406 g/mol. The normalized spacial score (nSPS) is 14.2. The number of rotatable bonds is 11. The Morgan fingerprint density at radius 3 is 2.27 bits per heavy atom. The maximum atomic E-state index is 12.2. The van der Waals surface area contributed by atoms with Crippen LogP contribution in [0.4, 0.5) is 0 Å². The summed E-state index contributed by atoms with van der Waals surface area (Å²) in [5, 5.41) is 21.3. The minimum Gasteiger partial charge on any atom is -0.480 e. The SMILES string of the molecule is CC(C)CC(NC(CCNS(=O)(=O)c1cccc(Cl)c1)C(=O)O)C(=O)O. The van der Waals surface area contributed by atoms with Crippen LogP contribution >= 0.6 is 11.6 Å². The van der Waals surface area contributed by atoms with E-state index < -0.39 is 34.0 Å². The van der Waals surface area contributed by atoms with Crippen LogP contribution in [0.1, 0.15) is 26.7 Å². The molecule has 1 aromatic rings. The molecule has 10 heteroatoms. The lowest BCUT2D eigenvalue weighted by Gasteiger charge is -2.21. The zero-order valence-corrected chi connectivity index (χ0v) is 16.0. The van der Waals surface area contributed by atoms with Gasteiger partial charge in [0.05, 0.1) is 4.90 Å². The molecule has 0 saturated carbocycles. The minimum atomic E-state index is -3.84. The van der Waals surface area contributed by atoms with Gasteiger partial charge in [0.2, 0.25) is 10.0 Å². The molecule has 0 spiro atoms. The van der Waals surface area contributed by atoms with Gasteiger partial charge in [0.15, 0.2) is 0 Å². The fraction of sp³-hybridized carbons (Fsp3) is 0.500. The smallest absolute Gasteiger partial charge is 0.320 e. The fourth-order valence-corrected chi connectivity index (χ4v) is 3.64. The van der Waals surface area contributed by atoms with E-state index in [1.54, 1.807) is 0 Å². The van der Waals surface area contributed by atoms with Gasteiger partial charge in [-0.15, -0.1) is 0 Å². The molecule has 2 atom stereocenters. The van der Waals surface area contributed by atoms with Crippen LogP contribution in [0.15, 0.2) is 29.2 Å². The maximum absolute atomic E-state index is 12.2. The third kappa shape index (κ3) is 7.28. The first-order chi connectivity index (χ1) is 12.0. The van der Waals surface area contributed by atoms with E-state index in [0.717, 1.165) is 0 Å². The zero-order chi connectivity index (χ0) is 19.9. The summed E-state index contributed by atoms with van der Waals surface area (Å²) in [4.78, 5) is 22.6. The lowest BCUT2D eigenvalue weighted by atomic mass is 10.0. The van der Waals surface area contributed by atoms with E-state index >= 15 is 0 Å². The molecule has 0 fully saturated rings. The van der Waals surface area contributed by atoms with Gasteiger partial charge in [0, 0.05) is 11.6 Å². The Morgan fingerprint density at radius 1 is 1.15 bits per heavy atom. The third-order valence-corrected chi connectivity index (χ3v) is 5.23. The zero-order valence-electron chi connectivity index (χ0n) is 14.5. The van der Waals surface area contributed by atoms with Gasteiger partial charge in [-0.05, 0) is 37.0 Å². The summed E-state index contributed by atoms with van der Waals surface area (Å²) in [7, 11) is -3.84. The first-order valence-electron chi connectivity index (χ1n) is 8.00. The highest BCUT2D eigenvalue weighted by Gasteiger charge is 2.27. The van der Waals surface area contributed by atoms with Crippen molar-refractivity contribution < 1.29 is 28.2 Å². The number of carbonyl (C=O) groups is 2.